The SMILES string of the molecule is CCCCc1ccc(S(=O)(=O)NCCSc2cc(C(F)(F)F)nc3ccccc23)cc1. The molecular formula is C22H23F3N2O2S2. The van der Waals surface area contributed by atoms with Gasteiger partial charge in [0.05, 0.1) is 10.4 Å². The van der Waals surface area contributed by atoms with E-state index in [9.17, 15) is 21.6 Å². The van der Waals surface area contributed by atoms with Crippen molar-refractivity contribution in [3.8, 4) is 0 Å². The summed E-state index contributed by atoms with van der Waals surface area (Å²) in [5.41, 5.74) is 0.377. The first-order valence-electron chi connectivity index (χ1n) is 9.89. The molecule has 0 atom stereocenters. The van der Waals surface area contributed by atoms with E-state index in [4.69, 9.17) is 0 Å². The number of fused-ring (bicyclic) bond motifs is 1. The van der Waals surface area contributed by atoms with Crippen LogP contribution in [0.15, 0.2) is 64.4 Å². The van der Waals surface area contributed by atoms with Crippen molar-refractivity contribution in [3.63, 3.8) is 0 Å². The lowest BCUT2D eigenvalue weighted by molar-refractivity contribution is -0.141. The van der Waals surface area contributed by atoms with E-state index in [1.807, 2.05) is 0 Å². The molecule has 9 heteroatoms. The first-order valence-corrected chi connectivity index (χ1v) is 12.4. The fourth-order valence-corrected chi connectivity index (χ4v) is 5.15. The van der Waals surface area contributed by atoms with E-state index in [2.05, 4.69) is 16.6 Å². The van der Waals surface area contributed by atoms with Gasteiger partial charge in [-0.25, -0.2) is 18.1 Å². The number of alkyl halides is 3. The van der Waals surface area contributed by atoms with Crippen LogP contribution >= 0.6 is 11.8 Å². The maximum Gasteiger partial charge on any atom is 0.433 e. The minimum Gasteiger partial charge on any atom is -0.243 e. The molecule has 0 aliphatic rings. The first-order chi connectivity index (χ1) is 14.7. The molecule has 0 amide bonds. The third-order valence-corrected chi connectivity index (χ3v) is 7.21. The van der Waals surface area contributed by atoms with Crippen molar-refractivity contribution in [2.45, 2.75) is 42.2 Å². The van der Waals surface area contributed by atoms with Crippen molar-refractivity contribution in [3.05, 3.63) is 65.9 Å². The molecule has 0 unspecified atom stereocenters. The van der Waals surface area contributed by atoms with E-state index < -0.39 is 21.9 Å². The monoisotopic (exact) mass is 468 g/mol. The van der Waals surface area contributed by atoms with Crippen LogP contribution in [-0.2, 0) is 22.6 Å². The summed E-state index contributed by atoms with van der Waals surface area (Å²) in [6.07, 6.45) is -1.54. The largest absolute Gasteiger partial charge is 0.433 e. The predicted molar refractivity (Wildman–Crippen MR) is 118 cm³/mol. The number of hydrogen-bond acceptors (Lipinski definition) is 4. The fraction of sp³-hybridized carbons (Fsp3) is 0.318. The summed E-state index contributed by atoms with van der Waals surface area (Å²) < 4.78 is 67.0. The zero-order chi connectivity index (χ0) is 22.5. The van der Waals surface area contributed by atoms with Crippen molar-refractivity contribution in [1.29, 1.82) is 0 Å². The number of para-hydroxylation sites is 1. The molecule has 1 N–H and O–H groups in total. The molecule has 3 rings (SSSR count). The molecular weight excluding hydrogens is 445 g/mol. The van der Waals surface area contributed by atoms with Crippen molar-refractivity contribution in [2.75, 3.05) is 12.3 Å². The molecule has 1 heterocycles. The van der Waals surface area contributed by atoms with Gasteiger partial charge in [-0.05, 0) is 42.7 Å². The summed E-state index contributed by atoms with van der Waals surface area (Å²) >= 11 is 1.16. The Labute approximate surface area is 184 Å². The maximum absolute atomic E-state index is 13.2. The first kappa shape index (κ1) is 23.6. The van der Waals surface area contributed by atoms with Gasteiger partial charge in [0, 0.05) is 22.6 Å². The van der Waals surface area contributed by atoms with Crippen LogP contribution in [0.5, 0.6) is 0 Å². The van der Waals surface area contributed by atoms with E-state index in [1.165, 1.54) is 6.07 Å². The van der Waals surface area contributed by atoms with E-state index in [1.54, 1.807) is 42.5 Å². The second-order valence-electron chi connectivity index (χ2n) is 7.01. The molecule has 0 bridgehead atoms. The lowest BCUT2D eigenvalue weighted by atomic mass is 10.1. The van der Waals surface area contributed by atoms with Crippen LogP contribution in [0.25, 0.3) is 10.9 Å². The average molecular weight is 469 g/mol. The second-order valence-corrected chi connectivity index (χ2v) is 9.92. The average Bonchev–Trinajstić information content (AvgIpc) is 2.74. The number of sulfonamides is 1. The summed E-state index contributed by atoms with van der Waals surface area (Å²) in [6.45, 7) is 2.18. The molecule has 0 aliphatic carbocycles. The Hall–Kier alpha value is -2.10. The Morgan fingerprint density at radius 3 is 2.45 bits per heavy atom. The van der Waals surface area contributed by atoms with Crippen molar-refractivity contribution in [1.82, 2.24) is 9.71 Å². The molecule has 0 spiro atoms. The highest BCUT2D eigenvalue weighted by atomic mass is 32.2. The number of aryl methyl sites for hydroxylation is 1. The number of hydrogen-bond donors (Lipinski definition) is 1. The van der Waals surface area contributed by atoms with Crippen LogP contribution in [0.3, 0.4) is 0 Å². The molecule has 0 saturated heterocycles. The van der Waals surface area contributed by atoms with Gasteiger partial charge in [0.2, 0.25) is 10.0 Å². The molecule has 1 aromatic heterocycles. The predicted octanol–water partition coefficient (Wildman–Crippen LogP) is 5.67. The van der Waals surface area contributed by atoms with E-state index in [0.717, 1.165) is 42.7 Å². The van der Waals surface area contributed by atoms with Crippen LogP contribution < -0.4 is 4.72 Å². The molecule has 3 aromatic rings. The van der Waals surface area contributed by atoms with Crippen molar-refractivity contribution >= 4 is 32.7 Å². The number of benzene rings is 2. The van der Waals surface area contributed by atoms with Gasteiger partial charge in [-0.1, -0.05) is 43.7 Å². The highest BCUT2D eigenvalue weighted by molar-refractivity contribution is 7.99. The molecule has 0 aliphatic heterocycles. The highest BCUT2D eigenvalue weighted by Crippen LogP contribution is 2.34. The van der Waals surface area contributed by atoms with Gasteiger partial charge in [0.25, 0.3) is 0 Å². The van der Waals surface area contributed by atoms with Gasteiger partial charge in [-0.3, -0.25) is 0 Å². The van der Waals surface area contributed by atoms with Crippen LogP contribution in [-0.4, -0.2) is 25.7 Å². The minimum absolute atomic E-state index is 0.0859. The highest BCUT2D eigenvalue weighted by Gasteiger charge is 2.33. The summed E-state index contributed by atoms with van der Waals surface area (Å²) in [5.74, 6) is 0.277. The third-order valence-electron chi connectivity index (χ3n) is 4.67. The lowest BCUT2D eigenvalue weighted by Crippen LogP contribution is -2.26. The number of rotatable bonds is 9. The Kier molecular flexibility index (Phi) is 7.61. The standard InChI is InChI=1S/C22H23F3N2O2S2/c1-2-3-6-16-9-11-17(12-10-16)31(28,29)26-13-14-30-20-15-21(22(23,24)25)27-19-8-5-4-7-18(19)20/h4-5,7-12,15,26H,2-3,6,13-14H2,1H3. The van der Waals surface area contributed by atoms with Crippen molar-refractivity contribution in [2.24, 2.45) is 0 Å². The van der Waals surface area contributed by atoms with Gasteiger partial charge in [-0.15, -0.1) is 11.8 Å². The van der Waals surface area contributed by atoms with Gasteiger partial charge >= 0.3 is 6.18 Å². The summed E-state index contributed by atoms with van der Waals surface area (Å²) in [7, 11) is -3.68. The lowest BCUT2D eigenvalue weighted by Gasteiger charge is -2.12. The van der Waals surface area contributed by atoms with E-state index >= 15 is 0 Å². The molecule has 31 heavy (non-hydrogen) atoms. The zero-order valence-corrected chi connectivity index (χ0v) is 18.6. The molecule has 2 aromatic carbocycles. The second kappa shape index (κ2) is 10.0. The number of unbranched alkanes of at least 4 members (excludes halogenated alkanes) is 1. The number of pyridine rings is 1. The third kappa shape index (κ3) is 6.21. The zero-order valence-electron chi connectivity index (χ0n) is 16.9. The normalized spacial score (nSPS) is 12.4. The Bertz CT molecular complexity index is 1130. The quantitative estimate of drug-likeness (QED) is 0.325. The number of aromatic nitrogens is 1. The maximum atomic E-state index is 13.2. The smallest absolute Gasteiger partial charge is 0.243 e. The van der Waals surface area contributed by atoms with Crippen LogP contribution in [0.4, 0.5) is 13.2 Å². The Balaban J connectivity index is 1.65. The molecule has 166 valence electrons. The number of nitrogens with one attached hydrogen (secondary N) is 1. The van der Waals surface area contributed by atoms with Gasteiger partial charge < -0.3 is 0 Å². The van der Waals surface area contributed by atoms with Crippen LogP contribution in [0.2, 0.25) is 0 Å². The summed E-state index contributed by atoms with van der Waals surface area (Å²) in [6, 6.07) is 14.4. The fourth-order valence-electron chi connectivity index (χ4n) is 3.04. The number of nitrogens with zero attached hydrogens (tertiary/aromatic N) is 1. The Morgan fingerprint density at radius 1 is 1.06 bits per heavy atom. The summed E-state index contributed by atoms with van der Waals surface area (Å²) in [5, 5.41) is 0.603. The summed E-state index contributed by atoms with van der Waals surface area (Å²) in [4.78, 5) is 4.28. The van der Waals surface area contributed by atoms with Crippen LogP contribution in [0.1, 0.15) is 31.0 Å². The van der Waals surface area contributed by atoms with E-state index in [-0.39, 0.29) is 22.7 Å². The molecule has 4 nitrogen and oxygen atoms in total. The molecule has 0 saturated carbocycles. The van der Waals surface area contributed by atoms with Gasteiger partial charge in [-0.2, -0.15) is 13.2 Å². The van der Waals surface area contributed by atoms with Crippen molar-refractivity contribution < 1.29 is 21.6 Å². The van der Waals surface area contributed by atoms with Gasteiger partial charge in [0.15, 0.2) is 0 Å². The van der Waals surface area contributed by atoms with Gasteiger partial charge in [0.1, 0.15) is 5.69 Å². The topological polar surface area (TPSA) is 59.1 Å². The molecule has 0 radical (unpaired) electrons. The van der Waals surface area contributed by atoms with E-state index in [0.29, 0.717) is 10.3 Å². The Morgan fingerprint density at radius 2 is 1.77 bits per heavy atom. The minimum atomic E-state index is -4.55. The molecule has 0 fully saturated rings. The number of thioether (sulfide) groups is 1. The van der Waals surface area contributed by atoms with Crippen LogP contribution in [0, 0.1) is 0 Å². The number of halogens is 3.